The fraction of sp³-hybridized carbons (Fsp3) is 0.667. The second-order valence-electron chi connectivity index (χ2n) is 5.24. The molecule has 1 atom stereocenters. The van der Waals surface area contributed by atoms with Gasteiger partial charge in [0, 0.05) is 19.3 Å². The Morgan fingerprint density at radius 3 is 2.79 bits per heavy atom. The highest BCUT2D eigenvalue weighted by Crippen LogP contribution is 2.23. The van der Waals surface area contributed by atoms with Crippen LogP contribution in [0.1, 0.15) is 25.6 Å². The van der Waals surface area contributed by atoms with Crippen molar-refractivity contribution in [3.05, 3.63) is 11.1 Å². The first kappa shape index (κ1) is 14.8. The molecule has 2 rings (SSSR count). The second-order valence-corrected chi connectivity index (χ2v) is 8.22. The minimum Gasteiger partial charge on any atom is -0.591 e. The molecule has 0 aliphatic carbocycles. The number of aromatic nitrogens is 1. The standard InChI is InChI=1S/C12H19N3O2S2/c1-12(2,3)19(16)14-9-10-8-13-11(18-10)15-4-6-17-7-5-15/h8-9H,4-7H2,1-3H3/b14-9+/t19-/m1/s1. The molecule has 7 heteroatoms. The van der Waals surface area contributed by atoms with Crippen molar-refractivity contribution < 1.29 is 9.29 Å². The predicted molar refractivity (Wildman–Crippen MR) is 80.6 cm³/mol. The molecule has 106 valence electrons. The number of hydrogen-bond donors (Lipinski definition) is 0. The van der Waals surface area contributed by atoms with Crippen LogP contribution in [-0.2, 0) is 16.1 Å². The smallest absolute Gasteiger partial charge is 0.186 e. The Morgan fingerprint density at radius 2 is 2.16 bits per heavy atom. The lowest BCUT2D eigenvalue weighted by atomic mass is 10.3. The first-order chi connectivity index (χ1) is 8.97. The maximum Gasteiger partial charge on any atom is 0.186 e. The molecule has 0 aromatic carbocycles. The van der Waals surface area contributed by atoms with Gasteiger partial charge in [0.2, 0.25) is 0 Å². The van der Waals surface area contributed by atoms with Crippen LogP contribution in [0.5, 0.6) is 0 Å². The fourth-order valence-electron chi connectivity index (χ4n) is 1.50. The summed E-state index contributed by atoms with van der Waals surface area (Å²) in [5, 5.41) is 0.978. The van der Waals surface area contributed by atoms with Crippen LogP contribution < -0.4 is 4.90 Å². The summed E-state index contributed by atoms with van der Waals surface area (Å²) < 4.78 is 20.9. The van der Waals surface area contributed by atoms with Gasteiger partial charge in [0.1, 0.15) is 16.1 Å². The topological polar surface area (TPSA) is 60.8 Å². The Kier molecular flexibility index (Phi) is 4.83. The lowest BCUT2D eigenvalue weighted by Crippen LogP contribution is -2.36. The van der Waals surface area contributed by atoms with Gasteiger partial charge in [-0.1, -0.05) is 15.7 Å². The summed E-state index contributed by atoms with van der Waals surface area (Å²) >= 11 is 0.349. The van der Waals surface area contributed by atoms with E-state index in [-0.39, 0.29) is 4.75 Å². The Balaban J connectivity index is 1.99. The molecule has 1 aromatic rings. The van der Waals surface area contributed by atoms with Crippen LogP contribution in [-0.4, -0.2) is 46.8 Å². The highest BCUT2D eigenvalue weighted by Gasteiger charge is 2.26. The summed E-state index contributed by atoms with van der Waals surface area (Å²) in [4.78, 5) is 7.51. The van der Waals surface area contributed by atoms with Crippen LogP contribution in [0, 0.1) is 0 Å². The van der Waals surface area contributed by atoms with Gasteiger partial charge in [0.25, 0.3) is 0 Å². The lowest BCUT2D eigenvalue weighted by molar-refractivity contribution is 0.122. The minimum absolute atomic E-state index is 0.325. The van der Waals surface area contributed by atoms with Gasteiger partial charge >= 0.3 is 0 Å². The molecule has 1 aromatic heterocycles. The van der Waals surface area contributed by atoms with E-state index in [9.17, 15) is 4.55 Å². The second kappa shape index (κ2) is 6.21. The summed E-state index contributed by atoms with van der Waals surface area (Å²) in [5.74, 6) is 0. The first-order valence-corrected chi connectivity index (χ1v) is 8.14. The van der Waals surface area contributed by atoms with Gasteiger partial charge in [-0.15, -0.1) is 0 Å². The first-order valence-electron chi connectivity index (χ1n) is 6.21. The van der Waals surface area contributed by atoms with Gasteiger partial charge in [0.15, 0.2) is 5.13 Å². The maximum absolute atomic E-state index is 11.8. The molecule has 0 unspecified atom stereocenters. The van der Waals surface area contributed by atoms with E-state index in [2.05, 4.69) is 14.3 Å². The third-order valence-corrected chi connectivity index (χ3v) is 4.93. The van der Waals surface area contributed by atoms with Crippen molar-refractivity contribution in [3.63, 3.8) is 0 Å². The van der Waals surface area contributed by atoms with Crippen LogP contribution in [0.2, 0.25) is 0 Å². The van der Waals surface area contributed by atoms with Crippen LogP contribution in [0.4, 0.5) is 5.13 Å². The van der Waals surface area contributed by atoms with Crippen molar-refractivity contribution in [1.29, 1.82) is 0 Å². The molecule has 1 aliphatic heterocycles. The third-order valence-electron chi connectivity index (χ3n) is 2.59. The molecular weight excluding hydrogens is 282 g/mol. The summed E-state index contributed by atoms with van der Waals surface area (Å²) in [6.07, 6.45) is 3.43. The van der Waals surface area contributed by atoms with Gasteiger partial charge in [-0.2, -0.15) is 0 Å². The number of morpholine rings is 1. The number of hydrogen-bond acceptors (Lipinski definition) is 6. The van der Waals surface area contributed by atoms with Gasteiger partial charge in [0.05, 0.1) is 24.3 Å². The molecule has 0 saturated carbocycles. The number of thiazole rings is 1. The maximum atomic E-state index is 11.8. The zero-order valence-corrected chi connectivity index (χ0v) is 13.1. The summed E-state index contributed by atoms with van der Waals surface area (Å²) in [5.41, 5.74) is 0. The minimum atomic E-state index is -1.22. The Morgan fingerprint density at radius 1 is 1.47 bits per heavy atom. The molecule has 2 heterocycles. The lowest BCUT2D eigenvalue weighted by Gasteiger charge is -2.25. The zero-order chi connectivity index (χ0) is 13.9. The van der Waals surface area contributed by atoms with Crippen molar-refractivity contribution >= 4 is 34.0 Å². The Bertz CT molecular complexity index is 436. The number of rotatable bonds is 3. The number of anilines is 1. The molecule has 0 radical (unpaired) electrons. The van der Waals surface area contributed by atoms with Gasteiger partial charge in [-0.25, -0.2) is 4.98 Å². The zero-order valence-electron chi connectivity index (χ0n) is 11.5. The van der Waals surface area contributed by atoms with Gasteiger partial charge in [-0.05, 0) is 20.8 Å². The SMILES string of the molecule is CC(C)(C)[S@@+]([O-])/N=C/c1cnc(N2CCOCC2)s1. The van der Waals surface area contributed by atoms with Crippen molar-refractivity contribution in [3.8, 4) is 0 Å². The van der Waals surface area contributed by atoms with Crippen LogP contribution in [0.25, 0.3) is 0 Å². The predicted octanol–water partition coefficient (Wildman–Crippen LogP) is 1.86. The molecule has 19 heavy (non-hydrogen) atoms. The molecule has 1 aliphatic rings. The average molecular weight is 301 g/mol. The van der Waals surface area contributed by atoms with Gasteiger partial charge < -0.3 is 14.2 Å². The normalized spacial score (nSPS) is 19.1. The molecule has 0 spiro atoms. The van der Waals surface area contributed by atoms with E-state index >= 15 is 0 Å². The Labute approximate surface area is 121 Å². The van der Waals surface area contributed by atoms with Crippen molar-refractivity contribution in [2.24, 2.45) is 4.40 Å². The Hall–Kier alpha value is -0.630. The van der Waals surface area contributed by atoms with E-state index < -0.39 is 11.4 Å². The monoisotopic (exact) mass is 301 g/mol. The van der Waals surface area contributed by atoms with Crippen molar-refractivity contribution in [2.45, 2.75) is 25.5 Å². The molecular formula is C12H19N3O2S2. The highest BCUT2D eigenvalue weighted by atomic mass is 32.2. The molecule has 1 saturated heterocycles. The van der Waals surface area contributed by atoms with Gasteiger partial charge in [-0.3, -0.25) is 0 Å². The van der Waals surface area contributed by atoms with Crippen LogP contribution >= 0.6 is 11.3 Å². The molecule has 1 fully saturated rings. The summed E-state index contributed by atoms with van der Waals surface area (Å²) in [6, 6.07) is 0. The fourth-order valence-corrected chi connectivity index (χ4v) is 2.93. The van der Waals surface area contributed by atoms with Crippen molar-refractivity contribution in [2.75, 3.05) is 31.2 Å². The molecule has 0 N–H and O–H groups in total. The molecule has 5 nitrogen and oxygen atoms in total. The summed E-state index contributed by atoms with van der Waals surface area (Å²) in [7, 11) is 0. The van der Waals surface area contributed by atoms with E-state index in [1.807, 2.05) is 20.8 Å². The quantitative estimate of drug-likeness (QED) is 0.631. The highest BCUT2D eigenvalue weighted by molar-refractivity contribution is 7.91. The van der Waals surface area contributed by atoms with E-state index in [0.717, 1.165) is 36.3 Å². The van der Waals surface area contributed by atoms with E-state index in [1.165, 1.54) is 0 Å². The average Bonchev–Trinajstić information content (AvgIpc) is 2.84. The van der Waals surface area contributed by atoms with E-state index in [0.29, 0.717) is 0 Å². The van der Waals surface area contributed by atoms with E-state index in [4.69, 9.17) is 4.74 Å². The van der Waals surface area contributed by atoms with E-state index in [1.54, 1.807) is 23.7 Å². The third kappa shape index (κ3) is 4.17. The summed E-state index contributed by atoms with van der Waals surface area (Å²) in [6.45, 7) is 8.97. The largest absolute Gasteiger partial charge is 0.591 e. The van der Waals surface area contributed by atoms with Crippen LogP contribution in [0.3, 0.4) is 0 Å². The van der Waals surface area contributed by atoms with Crippen molar-refractivity contribution in [1.82, 2.24) is 4.98 Å². The van der Waals surface area contributed by atoms with Crippen LogP contribution in [0.15, 0.2) is 10.6 Å². The molecule has 0 bridgehead atoms. The number of ether oxygens (including phenoxy) is 1. The molecule has 0 amide bonds. The number of nitrogens with zero attached hydrogens (tertiary/aromatic N) is 3.